The summed E-state index contributed by atoms with van der Waals surface area (Å²) in [6.07, 6.45) is 3.73. The number of hydrogen-bond donors (Lipinski definition) is 2. The molecule has 0 atom stereocenters. The van der Waals surface area contributed by atoms with Gasteiger partial charge in [-0.1, -0.05) is 31.0 Å². The highest BCUT2D eigenvalue weighted by Crippen LogP contribution is 2.25. The molecule has 0 spiro atoms. The lowest BCUT2D eigenvalue weighted by Gasteiger charge is -2.12. The quantitative estimate of drug-likeness (QED) is 0.781. The van der Waals surface area contributed by atoms with Gasteiger partial charge in [-0.05, 0) is 37.8 Å². The fourth-order valence-corrected chi connectivity index (χ4v) is 2.84. The summed E-state index contributed by atoms with van der Waals surface area (Å²) in [5.74, 6) is -1.19. The predicted molar refractivity (Wildman–Crippen MR) is 90.5 cm³/mol. The minimum atomic E-state index is -0.474. The van der Waals surface area contributed by atoms with Crippen LogP contribution < -0.4 is 10.6 Å². The smallest absolute Gasteiger partial charge is 0.309 e. The second-order valence-corrected chi connectivity index (χ2v) is 6.18. The van der Waals surface area contributed by atoms with E-state index in [0.29, 0.717) is 0 Å². The van der Waals surface area contributed by atoms with Gasteiger partial charge in [0.2, 0.25) is 5.91 Å². The van der Waals surface area contributed by atoms with E-state index in [0.717, 1.165) is 42.5 Å². The number of benzene rings is 1. The van der Waals surface area contributed by atoms with Crippen molar-refractivity contribution in [3.8, 4) is 0 Å². The molecule has 0 saturated heterocycles. The third-order valence-electron chi connectivity index (χ3n) is 4.23. The summed E-state index contributed by atoms with van der Waals surface area (Å²) in [7, 11) is 0. The summed E-state index contributed by atoms with van der Waals surface area (Å²) in [6.45, 7) is 3.31. The van der Waals surface area contributed by atoms with Gasteiger partial charge in [-0.25, -0.2) is 0 Å². The van der Waals surface area contributed by atoms with Gasteiger partial charge in [0, 0.05) is 5.69 Å². The van der Waals surface area contributed by atoms with Crippen molar-refractivity contribution in [2.75, 3.05) is 18.5 Å². The number of amides is 2. The Morgan fingerprint density at radius 1 is 1.08 bits per heavy atom. The fourth-order valence-electron chi connectivity index (χ4n) is 2.84. The minimum absolute atomic E-state index is 0.0786. The molecule has 0 heterocycles. The molecule has 2 rings (SSSR count). The number of anilines is 1. The number of nitrogens with one attached hydrogen (secondary N) is 2. The van der Waals surface area contributed by atoms with Crippen LogP contribution in [0.15, 0.2) is 18.2 Å². The molecule has 1 fully saturated rings. The van der Waals surface area contributed by atoms with Gasteiger partial charge in [0.05, 0.1) is 12.5 Å². The second-order valence-electron chi connectivity index (χ2n) is 6.18. The van der Waals surface area contributed by atoms with Crippen LogP contribution >= 0.6 is 0 Å². The number of esters is 1. The Morgan fingerprint density at radius 2 is 1.71 bits per heavy atom. The first-order chi connectivity index (χ1) is 11.5. The van der Waals surface area contributed by atoms with E-state index in [1.165, 1.54) is 0 Å². The molecule has 2 N–H and O–H groups in total. The average Bonchev–Trinajstić information content (AvgIpc) is 3.09. The van der Waals surface area contributed by atoms with Crippen LogP contribution in [0.3, 0.4) is 0 Å². The monoisotopic (exact) mass is 332 g/mol. The van der Waals surface area contributed by atoms with Crippen molar-refractivity contribution in [1.82, 2.24) is 5.32 Å². The van der Waals surface area contributed by atoms with E-state index in [4.69, 9.17) is 4.74 Å². The number of hydrogen-bond acceptors (Lipinski definition) is 4. The normalized spacial score (nSPS) is 14.2. The molecule has 0 radical (unpaired) electrons. The van der Waals surface area contributed by atoms with Gasteiger partial charge in [0.25, 0.3) is 5.91 Å². The molecule has 0 aromatic heterocycles. The molecule has 1 aliphatic carbocycles. The Morgan fingerprint density at radius 3 is 2.33 bits per heavy atom. The average molecular weight is 332 g/mol. The first kappa shape index (κ1) is 18.0. The summed E-state index contributed by atoms with van der Waals surface area (Å²) in [4.78, 5) is 35.3. The van der Waals surface area contributed by atoms with Crippen molar-refractivity contribution < 1.29 is 19.1 Å². The highest BCUT2D eigenvalue weighted by Gasteiger charge is 2.24. The number of para-hydroxylation sites is 1. The molecule has 1 aromatic carbocycles. The van der Waals surface area contributed by atoms with E-state index in [2.05, 4.69) is 10.6 Å². The number of aryl methyl sites for hydroxylation is 2. The third kappa shape index (κ3) is 5.08. The maximum atomic E-state index is 11.9. The number of ether oxygens (including phenoxy) is 1. The first-order valence-corrected chi connectivity index (χ1v) is 8.27. The van der Waals surface area contributed by atoms with Crippen LogP contribution in [0, 0.1) is 19.8 Å². The zero-order chi connectivity index (χ0) is 17.5. The lowest BCUT2D eigenvalue weighted by molar-refractivity contribution is -0.152. The maximum Gasteiger partial charge on any atom is 0.309 e. The zero-order valence-electron chi connectivity index (χ0n) is 14.2. The van der Waals surface area contributed by atoms with Gasteiger partial charge in [-0.2, -0.15) is 0 Å². The lowest BCUT2D eigenvalue weighted by Crippen LogP contribution is -2.36. The van der Waals surface area contributed by atoms with Crippen molar-refractivity contribution in [2.24, 2.45) is 5.92 Å². The second kappa shape index (κ2) is 8.47. The maximum absolute atomic E-state index is 11.9. The third-order valence-corrected chi connectivity index (χ3v) is 4.23. The van der Waals surface area contributed by atoms with E-state index < -0.39 is 5.91 Å². The molecule has 130 valence electrons. The Bertz CT molecular complexity index is 601. The molecule has 6 heteroatoms. The van der Waals surface area contributed by atoms with Crippen LogP contribution in [0.4, 0.5) is 5.69 Å². The summed E-state index contributed by atoms with van der Waals surface area (Å²) >= 11 is 0. The van der Waals surface area contributed by atoms with Crippen molar-refractivity contribution in [3.63, 3.8) is 0 Å². The highest BCUT2D eigenvalue weighted by molar-refractivity contribution is 5.96. The van der Waals surface area contributed by atoms with Gasteiger partial charge in [-0.15, -0.1) is 0 Å². The molecule has 2 amide bonds. The van der Waals surface area contributed by atoms with Crippen molar-refractivity contribution in [2.45, 2.75) is 39.5 Å². The number of rotatable bonds is 6. The van der Waals surface area contributed by atoms with E-state index in [-0.39, 0.29) is 30.9 Å². The van der Waals surface area contributed by atoms with E-state index in [1.807, 2.05) is 32.0 Å². The Labute approximate surface area is 142 Å². The summed E-state index contributed by atoms with van der Waals surface area (Å²) < 4.78 is 4.99. The molecule has 1 saturated carbocycles. The Hall–Kier alpha value is -2.37. The first-order valence-electron chi connectivity index (χ1n) is 8.27. The van der Waals surface area contributed by atoms with Crippen molar-refractivity contribution in [1.29, 1.82) is 0 Å². The van der Waals surface area contributed by atoms with Gasteiger partial charge in [-0.3, -0.25) is 14.4 Å². The zero-order valence-corrected chi connectivity index (χ0v) is 14.2. The molecule has 6 nitrogen and oxygen atoms in total. The molecule has 0 aliphatic heterocycles. The Balaban J connectivity index is 1.71. The minimum Gasteiger partial charge on any atom is -0.455 e. The summed E-state index contributed by atoms with van der Waals surface area (Å²) in [6, 6.07) is 5.73. The number of carbonyl (C=O) groups is 3. The molecular formula is C18H24N2O4. The van der Waals surface area contributed by atoms with Crippen LogP contribution in [0.2, 0.25) is 0 Å². The van der Waals surface area contributed by atoms with E-state index in [9.17, 15) is 14.4 Å². The molecule has 1 aromatic rings. The van der Waals surface area contributed by atoms with Gasteiger partial charge >= 0.3 is 5.97 Å². The van der Waals surface area contributed by atoms with Crippen molar-refractivity contribution >= 4 is 23.5 Å². The van der Waals surface area contributed by atoms with Crippen molar-refractivity contribution in [3.05, 3.63) is 29.3 Å². The van der Waals surface area contributed by atoms with Crippen LogP contribution in [0.25, 0.3) is 0 Å². The summed E-state index contributed by atoms with van der Waals surface area (Å²) in [5.41, 5.74) is 2.67. The van der Waals surface area contributed by atoms with Crippen LogP contribution in [-0.2, 0) is 19.1 Å². The predicted octanol–water partition coefficient (Wildman–Crippen LogP) is 2.09. The van der Waals surface area contributed by atoms with Crippen LogP contribution in [0.1, 0.15) is 36.8 Å². The van der Waals surface area contributed by atoms with Gasteiger partial charge in [0.15, 0.2) is 6.61 Å². The van der Waals surface area contributed by atoms with Gasteiger partial charge < -0.3 is 15.4 Å². The molecule has 0 unspecified atom stereocenters. The van der Waals surface area contributed by atoms with E-state index in [1.54, 1.807) is 0 Å². The van der Waals surface area contributed by atoms with E-state index >= 15 is 0 Å². The molecule has 0 bridgehead atoms. The van der Waals surface area contributed by atoms with Gasteiger partial charge in [0.1, 0.15) is 0 Å². The molecule has 1 aliphatic rings. The number of carbonyl (C=O) groups excluding carboxylic acids is 3. The summed E-state index contributed by atoms with van der Waals surface area (Å²) in [5, 5.41) is 5.24. The topological polar surface area (TPSA) is 84.5 Å². The fraction of sp³-hybridized carbons (Fsp3) is 0.500. The standard InChI is InChI=1S/C18H24N2O4/c1-12-6-5-7-13(2)17(12)20-15(21)10-19-16(22)11-24-18(23)14-8-3-4-9-14/h5-7,14H,3-4,8-11H2,1-2H3,(H,19,22)(H,20,21). The van der Waals surface area contributed by atoms with Crippen LogP contribution in [0.5, 0.6) is 0 Å². The SMILES string of the molecule is Cc1cccc(C)c1NC(=O)CNC(=O)COC(=O)C1CCCC1. The molecule has 24 heavy (non-hydrogen) atoms. The Kier molecular flexibility index (Phi) is 6.35. The van der Waals surface area contributed by atoms with Crippen LogP contribution in [-0.4, -0.2) is 30.9 Å². The molecular weight excluding hydrogens is 308 g/mol. The largest absolute Gasteiger partial charge is 0.455 e. The lowest BCUT2D eigenvalue weighted by atomic mass is 10.1. The highest BCUT2D eigenvalue weighted by atomic mass is 16.5.